The second kappa shape index (κ2) is 6.70. The molecule has 2 unspecified atom stereocenters. The van der Waals surface area contributed by atoms with Crippen LogP contribution >= 0.6 is 0 Å². The van der Waals surface area contributed by atoms with Crippen LogP contribution in [0.5, 0.6) is 0 Å². The molecule has 1 heterocycles. The summed E-state index contributed by atoms with van der Waals surface area (Å²) in [5.74, 6) is 4.13. The lowest BCUT2D eigenvalue weighted by molar-refractivity contribution is 0.251. The van der Waals surface area contributed by atoms with Gasteiger partial charge in [0, 0.05) is 12.0 Å². The molecule has 0 spiro atoms. The average Bonchev–Trinajstić information content (AvgIpc) is 2.95. The predicted molar refractivity (Wildman–Crippen MR) is 80.8 cm³/mol. The molecule has 1 fully saturated rings. The normalized spacial score (nSPS) is 26.7. The molecule has 114 valence electrons. The summed E-state index contributed by atoms with van der Waals surface area (Å²) in [4.78, 5) is 4.65. The molecule has 1 saturated carbocycles. The Morgan fingerprint density at radius 1 is 1.10 bits per heavy atom. The van der Waals surface area contributed by atoms with Crippen LogP contribution in [-0.2, 0) is 0 Å². The van der Waals surface area contributed by atoms with Crippen molar-refractivity contribution in [1.82, 2.24) is 15.5 Å². The van der Waals surface area contributed by atoms with Crippen LogP contribution in [0.3, 0.4) is 0 Å². The monoisotopic (exact) mass is 279 g/mol. The second-order valence-electron chi connectivity index (χ2n) is 6.71. The topological polar surface area (TPSA) is 51.0 Å². The molecule has 1 aliphatic carbocycles. The Labute approximate surface area is 122 Å². The van der Waals surface area contributed by atoms with Crippen LogP contribution in [0.4, 0.5) is 0 Å². The van der Waals surface area contributed by atoms with Crippen LogP contribution in [0, 0.1) is 11.8 Å². The molecule has 1 N–H and O–H groups in total. The Morgan fingerprint density at radius 3 is 2.30 bits per heavy atom. The highest BCUT2D eigenvalue weighted by atomic mass is 16.5. The molecule has 2 atom stereocenters. The van der Waals surface area contributed by atoms with Crippen molar-refractivity contribution in [2.24, 2.45) is 11.8 Å². The Bertz CT molecular complexity index is 408. The molecule has 0 amide bonds. The fraction of sp³-hybridized carbons (Fsp3) is 0.875. The zero-order valence-electron chi connectivity index (χ0n) is 13.5. The lowest BCUT2D eigenvalue weighted by Gasteiger charge is -2.29. The van der Waals surface area contributed by atoms with Crippen molar-refractivity contribution in [2.45, 2.75) is 71.3 Å². The molecule has 0 bridgehead atoms. The molecule has 1 aromatic heterocycles. The van der Waals surface area contributed by atoms with Gasteiger partial charge >= 0.3 is 0 Å². The van der Waals surface area contributed by atoms with Crippen LogP contribution in [-0.4, -0.2) is 23.2 Å². The van der Waals surface area contributed by atoms with Gasteiger partial charge in [0.25, 0.3) is 0 Å². The van der Waals surface area contributed by atoms with Crippen LogP contribution in [0.25, 0.3) is 0 Å². The third-order valence-corrected chi connectivity index (χ3v) is 5.13. The maximum absolute atomic E-state index is 5.48. The van der Waals surface area contributed by atoms with Crippen molar-refractivity contribution in [3.05, 3.63) is 11.7 Å². The Morgan fingerprint density at radius 2 is 1.75 bits per heavy atom. The summed E-state index contributed by atoms with van der Waals surface area (Å²) in [6, 6.07) is 0.347. The van der Waals surface area contributed by atoms with E-state index in [1.165, 1.54) is 25.7 Å². The highest BCUT2D eigenvalue weighted by Gasteiger charge is 2.28. The van der Waals surface area contributed by atoms with Gasteiger partial charge < -0.3 is 9.84 Å². The van der Waals surface area contributed by atoms with E-state index < -0.39 is 0 Å². The zero-order valence-corrected chi connectivity index (χ0v) is 13.5. The molecule has 0 aromatic carbocycles. The van der Waals surface area contributed by atoms with E-state index in [0.717, 1.165) is 23.6 Å². The molecular weight excluding hydrogens is 250 g/mol. The van der Waals surface area contributed by atoms with Crippen molar-refractivity contribution in [3.8, 4) is 0 Å². The van der Waals surface area contributed by atoms with Crippen LogP contribution in [0.15, 0.2) is 4.52 Å². The van der Waals surface area contributed by atoms with Gasteiger partial charge in [-0.1, -0.05) is 25.9 Å². The molecule has 20 heavy (non-hydrogen) atoms. The summed E-state index contributed by atoms with van der Waals surface area (Å²) in [6.07, 6.45) is 5.01. The molecule has 4 nitrogen and oxygen atoms in total. The number of aromatic nitrogens is 2. The summed E-state index contributed by atoms with van der Waals surface area (Å²) in [7, 11) is 1.96. The molecule has 1 aliphatic rings. The first-order valence-electron chi connectivity index (χ1n) is 8.03. The number of rotatable bonds is 5. The minimum absolute atomic E-state index is 0.258. The first-order valence-corrected chi connectivity index (χ1v) is 8.03. The molecule has 4 heteroatoms. The number of hydrogen-bond acceptors (Lipinski definition) is 4. The van der Waals surface area contributed by atoms with Crippen molar-refractivity contribution < 1.29 is 4.52 Å². The van der Waals surface area contributed by atoms with Gasteiger partial charge in [-0.15, -0.1) is 0 Å². The van der Waals surface area contributed by atoms with Crippen molar-refractivity contribution >= 4 is 0 Å². The van der Waals surface area contributed by atoms with Gasteiger partial charge in [0.15, 0.2) is 5.82 Å². The highest BCUT2D eigenvalue weighted by molar-refractivity contribution is 5.02. The smallest absolute Gasteiger partial charge is 0.231 e. The van der Waals surface area contributed by atoms with Gasteiger partial charge in [-0.3, -0.25) is 0 Å². The van der Waals surface area contributed by atoms with E-state index in [0.29, 0.717) is 12.0 Å². The number of likely N-dealkylation sites (N-methyl/N-ethyl adjacent to an activating group) is 1. The van der Waals surface area contributed by atoms with E-state index in [4.69, 9.17) is 4.52 Å². The van der Waals surface area contributed by atoms with Crippen LogP contribution < -0.4 is 5.32 Å². The predicted octanol–water partition coefficient (Wildman–Crippen LogP) is 3.71. The van der Waals surface area contributed by atoms with Gasteiger partial charge in [-0.2, -0.15) is 4.98 Å². The number of hydrogen-bond donors (Lipinski definition) is 1. The summed E-state index contributed by atoms with van der Waals surface area (Å²) in [5.41, 5.74) is 0. The fourth-order valence-electron chi connectivity index (χ4n) is 3.11. The van der Waals surface area contributed by atoms with Crippen molar-refractivity contribution in [2.75, 3.05) is 7.05 Å². The lowest BCUT2D eigenvalue weighted by Crippen LogP contribution is -2.27. The number of nitrogens with zero attached hydrogens (tertiary/aromatic N) is 2. The van der Waals surface area contributed by atoms with E-state index in [-0.39, 0.29) is 5.92 Å². The molecule has 2 rings (SSSR count). The third-order valence-electron chi connectivity index (χ3n) is 5.13. The molecule has 0 radical (unpaired) electrons. The Balaban J connectivity index is 1.96. The highest BCUT2D eigenvalue weighted by Crippen LogP contribution is 2.37. The second-order valence-corrected chi connectivity index (χ2v) is 6.71. The van der Waals surface area contributed by atoms with Gasteiger partial charge in [0.1, 0.15) is 0 Å². The summed E-state index contributed by atoms with van der Waals surface area (Å²) in [6.45, 7) is 8.94. The van der Waals surface area contributed by atoms with Gasteiger partial charge in [-0.05, 0) is 51.5 Å². The maximum Gasteiger partial charge on any atom is 0.231 e. The molecule has 0 aliphatic heterocycles. The van der Waals surface area contributed by atoms with Crippen molar-refractivity contribution in [3.63, 3.8) is 0 Å². The van der Waals surface area contributed by atoms with Crippen LogP contribution in [0.2, 0.25) is 0 Å². The van der Waals surface area contributed by atoms with Gasteiger partial charge in [0.05, 0.1) is 5.92 Å². The Hall–Kier alpha value is -0.900. The van der Waals surface area contributed by atoms with E-state index in [1.54, 1.807) is 0 Å². The molecular formula is C16H29N3O. The Kier molecular flexibility index (Phi) is 5.19. The summed E-state index contributed by atoms with van der Waals surface area (Å²) >= 11 is 0. The molecule has 0 saturated heterocycles. The first kappa shape index (κ1) is 15.5. The lowest BCUT2D eigenvalue weighted by atomic mass is 9.77. The summed E-state index contributed by atoms with van der Waals surface area (Å²) in [5, 5.41) is 7.48. The minimum atomic E-state index is 0.258. The largest absolute Gasteiger partial charge is 0.339 e. The third kappa shape index (κ3) is 3.40. The minimum Gasteiger partial charge on any atom is -0.339 e. The van der Waals surface area contributed by atoms with Crippen molar-refractivity contribution in [1.29, 1.82) is 0 Å². The van der Waals surface area contributed by atoms with E-state index in [2.05, 4.69) is 43.2 Å². The van der Waals surface area contributed by atoms with E-state index in [9.17, 15) is 0 Å². The zero-order chi connectivity index (χ0) is 14.7. The quantitative estimate of drug-likeness (QED) is 0.892. The van der Waals surface area contributed by atoms with E-state index >= 15 is 0 Å². The molecule has 1 aromatic rings. The SMILES string of the molecule is CNC(C)C(C)c1nc(C2CCC(C(C)C)CC2)no1. The van der Waals surface area contributed by atoms with Gasteiger partial charge in [0.2, 0.25) is 5.89 Å². The van der Waals surface area contributed by atoms with Crippen LogP contribution in [0.1, 0.15) is 76.9 Å². The van der Waals surface area contributed by atoms with Gasteiger partial charge in [-0.25, -0.2) is 0 Å². The number of nitrogens with one attached hydrogen (secondary N) is 1. The summed E-state index contributed by atoms with van der Waals surface area (Å²) < 4.78 is 5.48. The first-order chi connectivity index (χ1) is 9.52. The van der Waals surface area contributed by atoms with E-state index in [1.807, 2.05) is 7.05 Å². The fourth-order valence-corrected chi connectivity index (χ4v) is 3.11. The standard InChI is InChI=1S/C16H29N3O/c1-10(2)13-6-8-14(9-7-13)15-18-16(20-19-15)11(3)12(4)17-5/h10-14,17H,6-9H2,1-5H3. The maximum atomic E-state index is 5.48. The average molecular weight is 279 g/mol.